The third-order valence-corrected chi connectivity index (χ3v) is 3.53. The van der Waals surface area contributed by atoms with Crippen LogP contribution in [0, 0.1) is 0 Å². The molecule has 0 unspecified atom stereocenters. The van der Waals surface area contributed by atoms with E-state index >= 15 is 0 Å². The number of rotatable bonds is 8. The maximum absolute atomic E-state index is 5.60. The van der Waals surface area contributed by atoms with Crippen LogP contribution in [0.15, 0.2) is 0 Å². The average molecular weight is 343 g/mol. The molecular formula is C8H8Cl2N4O3S2. The molecule has 0 aliphatic heterocycles. The molecule has 0 amide bonds. The van der Waals surface area contributed by atoms with Gasteiger partial charge in [0, 0.05) is 0 Å². The van der Waals surface area contributed by atoms with Crippen molar-refractivity contribution < 1.29 is 14.2 Å². The van der Waals surface area contributed by atoms with Crippen molar-refractivity contribution in [2.24, 2.45) is 0 Å². The summed E-state index contributed by atoms with van der Waals surface area (Å²) in [6, 6.07) is 0. The van der Waals surface area contributed by atoms with Gasteiger partial charge in [0.15, 0.2) is 0 Å². The molecule has 0 aliphatic rings. The zero-order valence-corrected chi connectivity index (χ0v) is 12.6. The second-order valence-corrected chi connectivity index (χ2v) is 6.00. The van der Waals surface area contributed by atoms with Crippen LogP contribution in [0.4, 0.5) is 0 Å². The van der Waals surface area contributed by atoms with Crippen molar-refractivity contribution in [2.75, 3.05) is 26.4 Å². The minimum absolute atomic E-state index is 0.347. The zero-order valence-electron chi connectivity index (χ0n) is 9.41. The lowest BCUT2D eigenvalue weighted by Gasteiger charge is -2.04. The highest BCUT2D eigenvalue weighted by Crippen LogP contribution is 2.22. The fraction of sp³-hybridized carbons (Fsp3) is 0.500. The largest absolute Gasteiger partial charge is 0.466 e. The highest BCUT2D eigenvalue weighted by Gasteiger charge is 2.03. The summed E-state index contributed by atoms with van der Waals surface area (Å²) >= 11 is 13.5. The van der Waals surface area contributed by atoms with Crippen molar-refractivity contribution in [3.63, 3.8) is 0 Å². The molecule has 0 atom stereocenters. The second kappa shape index (κ2) is 7.75. The van der Waals surface area contributed by atoms with Gasteiger partial charge in [-0.1, -0.05) is 10.2 Å². The maximum atomic E-state index is 5.60. The van der Waals surface area contributed by atoms with E-state index in [9.17, 15) is 0 Å². The highest BCUT2D eigenvalue weighted by atomic mass is 35.5. The first-order valence-electron chi connectivity index (χ1n) is 5.05. The molecule has 2 aromatic rings. The van der Waals surface area contributed by atoms with E-state index in [2.05, 4.69) is 20.4 Å². The van der Waals surface area contributed by atoms with Crippen LogP contribution < -0.4 is 9.47 Å². The Morgan fingerprint density at radius 2 is 1.21 bits per heavy atom. The van der Waals surface area contributed by atoms with Gasteiger partial charge >= 0.3 is 0 Å². The zero-order chi connectivity index (χ0) is 13.5. The number of ether oxygens (including phenoxy) is 3. The van der Waals surface area contributed by atoms with E-state index in [1.165, 1.54) is 22.7 Å². The molecule has 2 rings (SSSR count). The topological polar surface area (TPSA) is 79.3 Å². The third kappa shape index (κ3) is 5.41. The number of hydrogen-bond donors (Lipinski definition) is 0. The van der Waals surface area contributed by atoms with Crippen LogP contribution in [-0.2, 0) is 4.74 Å². The SMILES string of the molecule is Clc1nnc(OCCOCCOc2nnc(Cl)s2)s1. The van der Waals surface area contributed by atoms with E-state index in [1.807, 2.05) is 0 Å². The van der Waals surface area contributed by atoms with Crippen molar-refractivity contribution in [3.8, 4) is 10.4 Å². The average Bonchev–Trinajstić information content (AvgIpc) is 2.97. The molecule has 0 aliphatic carbocycles. The summed E-state index contributed by atoms with van der Waals surface area (Å²) in [4.78, 5) is 0. The summed E-state index contributed by atoms with van der Waals surface area (Å²) in [5, 5.41) is 15.5. The minimum atomic E-state index is 0.347. The quantitative estimate of drug-likeness (QED) is 0.680. The van der Waals surface area contributed by atoms with E-state index < -0.39 is 0 Å². The normalized spacial score (nSPS) is 10.6. The van der Waals surface area contributed by atoms with Gasteiger partial charge in [0.1, 0.15) is 13.2 Å². The Morgan fingerprint density at radius 1 is 0.737 bits per heavy atom. The lowest BCUT2D eigenvalue weighted by molar-refractivity contribution is 0.0759. The molecule has 0 radical (unpaired) electrons. The molecule has 0 saturated heterocycles. The molecule has 0 N–H and O–H groups in total. The minimum Gasteiger partial charge on any atom is -0.466 e. The van der Waals surface area contributed by atoms with Crippen LogP contribution >= 0.6 is 45.9 Å². The molecule has 0 bridgehead atoms. The standard InChI is InChI=1S/C8H8Cl2N4O3S2/c9-5-11-13-7(18-5)16-3-1-15-2-4-17-8-14-12-6(10)19-8/h1-4H2. The first-order valence-corrected chi connectivity index (χ1v) is 7.44. The smallest absolute Gasteiger partial charge is 0.295 e. The van der Waals surface area contributed by atoms with Crippen LogP contribution in [-0.4, -0.2) is 46.8 Å². The molecule has 19 heavy (non-hydrogen) atoms. The molecule has 11 heteroatoms. The first-order chi connectivity index (χ1) is 9.24. The van der Waals surface area contributed by atoms with Gasteiger partial charge in [-0.2, -0.15) is 0 Å². The summed E-state index contributed by atoms with van der Waals surface area (Å²) in [6.07, 6.45) is 0. The number of hydrogen-bond acceptors (Lipinski definition) is 9. The van der Waals surface area contributed by atoms with Crippen LogP contribution in [0.25, 0.3) is 0 Å². The fourth-order valence-corrected chi connectivity index (χ4v) is 2.35. The molecule has 0 fully saturated rings. The molecular weight excluding hydrogens is 335 g/mol. The summed E-state index contributed by atoms with van der Waals surface area (Å²) in [6.45, 7) is 1.57. The van der Waals surface area contributed by atoms with Gasteiger partial charge in [0.05, 0.1) is 13.2 Å². The summed E-state index contributed by atoms with van der Waals surface area (Å²) in [7, 11) is 0. The highest BCUT2D eigenvalue weighted by molar-refractivity contribution is 7.17. The Bertz CT molecular complexity index is 465. The lowest BCUT2D eigenvalue weighted by atomic mass is 10.7. The van der Waals surface area contributed by atoms with E-state index in [-0.39, 0.29) is 0 Å². The Morgan fingerprint density at radius 3 is 1.58 bits per heavy atom. The van der Waals surface area contributed by atoms with Gasteiger partial charge in [0.2, 0.25) is 8.93 Å². The molecule has 104 valence electrons. The van der Waals surface area contributed by atoms with Gasteiger partial charge in [-0.15, -0.1) is 10.2 Å². The summed E-state index contributed by atoms with van der Waals surface area (Å²) in [5.74, 6) is 0. The Labute approximate surface area is 126 Å². The lowest BCUT2D eigenvalue weighted by Crippen LogP contribution is -2.12. The predicted octanol–water partition coefficient (Wildman–Crippen LogP) is 2.17. The van der Waals surface area contributed by atoms with Crippen molar-refractivity contribution in [3.05, 3.63) is 8.93 Å². The Balaban J connectivity index is 1.48. The van der Waals surface area contributed by atoms with Gasteiger partial charge in [-0.05, 0) is 45.9 Å². The molecule has 7 nitrogen and oxygen atoms in total. The Kier molecular flexibility index (Phi) is 5.98. The Hall–Kier alpha value is -0.740. The van der Waals surface area contributed by atoms with Crippen molar-refractivity contribution in [1.29, 1.82) is 0 Å². The summed E-state index contributed by atoms with van der Waals surface area (Å²) in [5.41, 5.74) is 0. The summed E-state index contributed by atoms with van der Waals surface area (Å²) < 4.78 is 16.5. The van der Waals surface area contributed by atoms with Crippen LogP contribution in [0.5, 0.6) is 10.4 Å². The fourth-order valence-electron chi connectivity index (χ4n) is 0.981. The van der Waals surface area contributed by atoms with Crippen LogP contribution in [0.3, 0.4) is 0 Å². The van der Waals surface area contributed by atoms with Gasteiger partial charge in [-0.3, -0.25) is 0 Å². The molecule has 2 aromatic heterocycles. The van der Waals surface area contributed by atoms with Gasteiger partial charge in [-0.25, -0.2) is 0 Å². The maximum Gasteiger partial charge on any atom is 0.295 e. The molecule has 2 heterocycles. The first kappa shape index (κ1) is 14.7. The van der Waals surface area contributed by atoms with E-state index in [1.54, 1.807) is 0 Å². The van der Waals surface area contributed by atoms with Gasteiger partial charge < -0.3 is 14.2 Å². The number of halogens is 2. The van der Waals surface area contributed by atoms with Crippen molar-refractivity contribution >= 4 is 45.9 Å². The van der Waals surface area contributed by atoms with Crippen LogP contribution in [0.2, 0.25) is 8.93 Å². The third-order valence-electron chi connectivity index (χ3n) is 1.67. The second-order valence-electron chi connectivity index (χ2n) is 2.95. The molecule has 0 aromatic carbocycles. The predicted molar refractivity (Wildman–Crippen MR) is 71.6 cm³/mol. The van der Waals surface area contributed by atoms with E-state index in [4.69, 9.17) is 37.4 Å². The number of aromatic nitrogens is 4. The molecule has 0 saturated carbocycles. The molecule has 0 spiro atoms. The van der Waals surface area contributed by atoms with Crippen molar-refractivity contribution in [1.82, 2.24) is 20.4 Å². The van der Waals surface area contributed by atoms with E-state index in [0.29, 0.717) is 45.7 Å². The monoisotopic (exact) mass is 342 g/mol. The number of nitrogens with zero attached hydrogens (tertiary/aromatic N) is 4. The van der Waals surface area contributed by atoms with Crippen molar-refractivity contribution in [2.45, 2.75) is 0 Å². The van der Waals surface area contributed by atoms with Crippen LogP contribution in [0.1, 0.15) is 0 Å². The van der Waals surface area contributed by atoms with Gasteiger partial charge in [0.25, 0.3) is 10.4 Å². The van der Waals surface area contributed by atoms with E-state index in [0.717, 1.165) is 0 Å².